The standard InChI is InChI=1S/C36H29ClF3N5O8/c1-35(13-37)14-45(22-11-23(46)28-25(27(22)35)26(34(49)50)31(44-28)36(38,39)40)33(48)21-8-15-7-17(5-6-19(15)43-21)42-32(47)20-10-18-16(12-41-20)9-24(51-2)30(53-4)29(18)52-3/h5-12,43-44,46H,13-14H2,1-4H3,(H,42,47)(H,49,50)/t35-/m1/s1. The molecule has 0 radical (unpaired) electrons. The van der Waals surface area contributed by atoms with Crippen molar-refractivity contribution in [3.63, 3.8) is 0 Å². The van der Waals surface area contributed by atoms with Crippen molar-refractivity contribution in [2.24, 2.45) is 0 Å². The number of alkyl halides is 4. The molecule has 0 unspecified atom stereocenters. The third-order valence-corrected chi connectivity index (χ3v) is 9.93. The van der Waals surface area contributed by atoms with Gasteiger partial charge in [0.1, 0.15) is 22.8 Å². The summed E-state index contributed by atoms with van der Waals surface area (Å²) in [5.74, 6) is -2.75. The lowest BCUT2D eigenvalue weighted by molar-refractivity contribution is -0.141. The van der Waals surface area contributed by atoms with Gasteiger partial charge in [-0.1, -0.05) is 6.92 Å². The Kier molecular flexibility index (Phi) is 8.32. The van der Waals surface area contributed by atoms with Crippen LogP contribution in [-0.4, -0.2) is 76.7 Å². The molecule has 0 bridgehead atoms. The van der Waals surface area contributed by atoms with Crippen LogP contribution in [0.25, 0.3) is 32.6 Å². The molecular formula is C36H29ClF3N5O8. The number of nitrogens with one attached hydrogen (secondary N) is 3. The number of hydrogen-bond donors (Lipinski definition) is 5. The van der Waals surface area contributed by atoms with Crippen LogP contribution >= 0.6 is 11.6 Å². The zero-order valence-corrected chi connectivity index (χ0v) is 29.0. The van der Waals surface area contributed by atoms with Gasteiger partial charge < -0.3 is 44.6 Å². The van der Waals surface area contributed by atoms with E-state index in [1.807, 2.05) is 4.98 Å². The SMILES string of the molecule is COc1cc2cnc(C(=O)Nc3ccc4[nH]c(C(=O)N5C[C@@](C)(CCl)c6c5cc(O)c5[nH]c(C(F)(F)F)c(C(=O)O)c65)cc4c3)cc2c(OC)c1OC. The zero-order chi connectivity index (χ0) is 38.1. The highest BCUT2D eigenvalue weighted by molar-refractivity contribution is 6.21. The fourth-order valence-electron chi connectivity index (χ4n) is 6.95. The third-order valence-electron chi connectivity index (χ3n) is 9.34. The lowest BCUT2D eigenvalue weighted by atomic mass is 9.83. The molecule has 17 heteroatoms. The summed E-state index contributed by atoms with van der Waals surface area (Å²) in [5.41, 5.74) is -3.11. The van der Waals surface area contributed by atoms with Gasteiger partial charge in [-0.25, -0.2) is 4.79 Å². The predicted molar refractivity (Wildman–Crippen MR) is 189 cm³/mol. The molecule has 53 heavy (non-hydrogen) atoms. The van der Waals surface area contributed by atoms with Gasteiger partial charge in [0.2, 0.25) is 5.75 Å². The molecule has 1 aliphatic heterocycles. The lowest BCUT2D eigenvalue weighted by Gasteiger charge is -2.23. The van der Waals surface area contributed by atoms with Gasteiger partial charge in [0.05, 0.1) is 38.1 Å². The van der Waals surface area contributed by atoms with E-state index in [9.17, 15) is 37.8 Å². The minimum Gasteiger partial charge on any atom is -0.506 e. The van der Waals surface area contributed by atoms with E-state index in [4.69, 9.17) is 25.8 Å². The van der Waals surface area contributed by atoms with Crippen molar-refractivity contribution < 1.29 is 52.0 Å². The van der Waals surface area contributed by atoms with Gasteiger partial charge in [-0.2, -0.15) is 13.2 Å². The summed E-state index contributed by atoms with van der Waals surface area (Å²) in [6.45, 7) is 1.47. The van der Waals surface area contributed by atoms with E-state index in [0.717, 1.165) is 6.07 Å². The Balaban J connectivity index is 1.22. The van der Waals surface area contributed by atoms with Crippen LogP contribution in [0.3, 0.4) is 0 Å². The average Bonchev–Trinajstić information content (AvgIpc) is 3.82. The first-order chi connectivity index (χ1) is 25.1. The van der Waals surface area contributed by atoms with E-state index in [-0.39, 0.29) is 40.4 Å². The first kappa shape index (κ1) is 35.3. The molecule has 4 heterocycles. The molecule has 2 amide bonds. The number of phenolic OH excluding ortho intramolecular Hbond substituents is 1. The summed E-state index contributed by atoms with van der Waals surface area (Å²) in [6.07, 6.45) is -3.57. The summed E-state index contributed by atoms with van der Waals surface area (Å²) in [6, 6.07) is 10.8. The van der Waals surface area contributed by atoms with E-state index in [1.54, 1.807) is 37.3 Å². The fraction of sp³-hybridized carbons (Fsp3) is 0.222. The van der Waals surface area contributed by atoms with Gasteiger partial charge in [-0.05, 0) is 42.0 Å². The van der Waals surface area contributed by atoms with Crippen LogP contribution in [-0.2, 0) is 11.6 Å². The number of carbonyl (C=O) groups excluding carboxylic acids is 2. The van der Waals surface area contributed by atoms with Crippen molar-refractivity contribution in [3.8, 4) is 23.0 Å². The number of amides is 2. The van der Waals surface area contributed by atoms with Crippen molar-refractivity contribution >= 4 is 73.3 Å². The smallest absolute Gasteiger partial charge is 0.432 e. The van der Waals surface area contributed by atoms with E-state index >= 15 is 0 Å². The molecule has 274 valence electrons. The molecule has 3 aromatic heterocycles. The number of aromatic hydroxyl groups is 1. The van der Waals surface area contributed by atoms with Crippen molar-refractivity contribution in [2.75, 3.05) is 44.0 Å². The number of fused-ring (bicyclic) bond motifs is 5. The second kappa shape index (κ2) is 12.5. The van der Waals surface area contributed by atoms with E-state index < -0.39 is 51.9 Å². The van der Waals surface area contributed by atoms with E-state index in [1.165, 1.54) is 38.5 Å². The Labute approximate surface area is 302 Å². The third kappa shape index (κ3) is 5.56. The second-order valence-corrected chi connectivity index (χ2v) is 12.9. The number of rotatable bonds is 8. The molecule has 0 saturated heterocycles. The number of ether oxygens (including phenoxy) is 3. The number of anilines is 2. The average molecular weight is 752 g/mol. The van der Waals surface area contributed by atoms with Crippen molar-refractivity contribution in [1.29, 1.82) is 0 Å². The number of aromatic nitrogens is 3. The molecule has 6 aromatic rings. The topological polar surface area (TPSA) is 179 Å². The number of methoxy groups -OCH3 is 3. The van der Waals surface area contributed by atoms with Crippen LogP contribution in [0.5, 0.6) is 23.0 Å². The maximum atomic E-state index is 14.1. The molecule has 7 rings (SSSR count). The molecule has 3 aromatic carbocycles. The zero-order valence-electron chi connectivity index (χ0n) is 28.3. The number of aromatic amines is 2. The van der Waals surface area contributed by atoms with Crippen molar-refractivity contribution in [3.05, 3.63) is 76.9 Å². The molecule has 0 fully saturated rings. The number of aromatic carboxylic acids is 1. The Hall–Kier alpha value is -6.16. The van der Waals surface area contributed by atoms with Gasteiger partial charge in [-0.3, -0.25) is 14.6 Å². The Bertz CT molecular complexity index is 2530. The van der Waals surface area contributed by atoms with Crippen molar-refractivity contribution in [2.45, 2.75) is 18.5 Å². The van der Waals surface area contributed by atoms with E-state index in [0.29, 0.717) is 44.6 Å². The maximum Gasteiger partial charge on any atom is 0.432 e. The number of phenols is 1. The number of nitrogens with zero attached hydrogens (tertiary/aromatic N) is 2. The number of benzene rings is 3. The lowest BCUT2D eigenvalue weighted by Crippen LogP contribution is -2.36. The van der Waals surface area contributed by atoms with Gasteiger partial charge in [-0.15, -0.1) is 11.6 Å². The first-order valence-electron chi connectivity index (χ1n) is 15.8. The number of hydrogen-bond acceptors (Lipinski definition) is 8. The fourth-order valence-corrected chi connectivity index (χ4v) is 7.17. The number of carbonyl (C=O) groups is 3. The van der Waals surface area contributed by atoms with Crippen LogP contribution in [0.4, 0.5) is 24.5 Å². The quantitative estimate of drug-likeness (QED) is 0.102. The van der Waals surface area contributed by atoms with E-state index in [2.05, 4.69) is 15.3 Å². The number of carboxylic acids is 1. The van der Waals surface area contributed by atoms with Gasteiger partial charge in [0.15, 0.2) is 11.5 Å². The number of H-pyrrole nitrogens is 2. The summed E-state index contributed by atoms with van der Waals surface area (Å²) in [4.78, 5) is 50.2. The molecule has 1 atom stereocenters. The van der Waals surface area contributed by atoms with Crippen LogP contribution in [0.2, 0.25) is 0 Å². The van der Waals surface area contributed by atoms with Gasteiger partial charge in [0.25, 0.3) is 11.8 Å². The largest absolute Gasteiger partial charge is 0.506 e. The molecule has 0 saturated carbocycles. The van der Waals surface area contributed by atoms with Crippen molar-refractivity contribution in [1.82, 2.24) is 15.0 Å². The number of carboxylic acid groups (broad SMARTS) is 1. The summed E-state index contributed by atoms with van der Waals surface area (Å²) in [5, 5.41) is 24.9. The number of pyridine rings is 1. The highest BCUT2D eigenvalue weighted by Gasteiger charge is 2.47. The van der Waals surface area contributed by atoms with Crippen LogP contribution < -0.4 is 24.4 Å². The summed E-state index contributed by atoms with van der Waals surface area (Å²) < 4.78 is 58.2. The first-order valence-corrected chi connectivity index (χ1v) is 16.3. The minimum atomic E-state index is -5.08. The second-order valence-electron chi connectivity index (χ2n) is 12.7. The molecule has 13 nitrogen and oxygen atoms in total. The summed E-state index contributed by atoms with van der Waals surface area (Å²) in [7, 11) is 4.43. The molecular weight excluding hydrogens is 723 g/mol. The Morgan fingerprint density at radius 3 is 2.40 bits per heavy atom. The Morgan fingerprint density at radius 1 is 1.02 bits per heavy atom. The molecule has 5 N–H and O–H groups in total. The monoisotopic (exact) mass is 751 g/mol. The van der Waals surface area contributed by atoms with Crippen LogP contribution in [0.15, 0.2) is 48.7 Å². The number of halogens is 4. The van der Waals surface area contributed by atoms with Crippen LogP contribution in [0, 0.1) is 0 Å². The Morgan fingerprint density at radius 2 is 1.75 bits per heavy atom. The normalized spacial score (nSPS) is 15.6. The highest BCUT2D eigenvalue weighted by Crippen LogP contribution is 2.51. The van der Waals surface area contributed by atoms with Gasteiger partial charge >= 0.3 is 12.1 Å². The molecule has 0 spiro atoms. The molecule has 0 aliphatic carbocycles. The highest BCUT2D eigenvalue weighted by atomic mass is 35.5. The van der Waals surface area contributed by atoms with Crippen LogP contribution in [0.1, 0.15) is 49.5 Å². The molecule has 1 aliphatic rings. The summed E-state index contributed by atoms with van der Waals surface area (Å²) >= 11 is 6.35. The minimum absolute atomic E-state index is 0.0144. The maximum absolute atomic E-state index is 14.1. The van der Waals surface area contributed by atoms with Gasteiger partial charge in [0, 0.05) is 62.9 Å². The predicted octanol–water partition coefficient (Wildman–Crippen LogP) is 7.06.